The van der Waals surface area contributed by atoms with Crippen molar-refractivity contribution in [1.29, 1.82) is 0 Å². The Bertz CT molecular complexity index is 358. The SMILES string of the molecule is CCOc1cc(C)nc(NC(CCl)C(C)C)n1. The number of anilines is 1. The van der Waals surface area contributed by atoms with E-state index in [1.54, 1.807) is 0 Å². The van der Waals surface area contributed by atoms with Crippen LogP contribution in [0.1, 0.15) is 26.5 Å². The first-order valence-electron chi connectivity index (χ1n) is 5.87. The molecule has 1 rings (SSSR count). The zero-order valence-corrected chi connectivity index (χ0v) is 11.6. The van der Waals surface area contributed by atoms with Crippen molar-refractivity contribution >= 4 is 17.5 Å². The molecule has 0 saturated heterocycles. The summed E-state index contributed by atoms with van der Waals surface area (Å²) in [5, 5.41) is 3.23. The van der Waals surface area contributed by atoms with Crippen molar-refractivity contribution in [2.75, 3.05) is 17.8 Å². The number of halogens is 1. The molecule has 0 fully saturated rings. The summed E-state index contributed by atoms with van der Waals surface area (Å²) in [4.78, 5) is 8.62. The van der Waals surface area contributed by atoms with E-state index >= 15 is 0 Å². The number of aromatic nitrogens is 2. The minimum Gasteiger partial charge on any atom is -0.478 e. The molecule has 0 bridgehead atoms. The minimum absolute atomic E-state index is 0.160. The third-order valence-electron chi connectivity index (χ3n) is 2.41. The van der Waals surface area contributed by atoms with Crippen LogP contribution in [0.5, 0.6) is 5.88 Å². The van der Waals surface area contributed by atoms with Gasteiger partial charge in [-0.3, -0.25) is 0 Å². The molecule has 0 radical (unpaired) electrons. The number of hydrogen-bond donors (Lipinski definition) is 1. The number of nitrogens with one attached hydrogen (secondary N) is 1. The summed E-state index contributed by atoms with van der Waals surface area (Å²) in [6.45, 7) is 8.66. The van der Waals surface area contributed by atoms with Crippen molar-refractivity contribution in [3.8, 4) is 5.88 Å². The molecule has 17 heavy (non-hydrogen) atoms. The van der Waals surface area contributed by atoms with Gasteiger partial charge in [-0.1, -0.05) is 13.8 Å². The third-order valence-corrected chi connectivity index (χ3v) is 2.74. The molecule has 1 aromatic heterocycles. The van der Waals surface area contributed by atoms with Gasteiger partial charge in [-0.2, -0.15) is 4.98 Å². The fraction of sp³-hybridized carbons (Fsp3) is 0.667. The van der Waals surface area contributed by atoms with Gasteiger partial charge in [0.15, 0.2) is 0 Å². The van der Waals surface area contributed by atoms with Crippen LogP contribution in [0.4, 0.5) is 5.95 Å². The van der Waals surface area contributed by atoms with E-state index in [1.165, 1.54) is 0 Å². The first kappa shape index (κ1) is 14.0. The van der Waals surface area contributed by atoms with Crippen LogP contribution in [0.15, 0.2) is 6.07 Å². The molecule has 4 nitrogen and oxygen atoms in total. The van der Waals surface area contributed by atoms with E-state index in [-0.39, 0.29) is 6.04 Å². The molecule has 1 unspecified atom stereocenters. The van der Waals surface area contributed by atoms with Crippen molar-refractivity contribution in [1.82, 2.24) is 9.97 Å². The first-order chi connectivity index (χ1) is 8.06. The minimum atomic E-state index is 0.160. The summed E-state index contributed by atoms with van der Waals surface area (Å²) in [5.41, 5.74) is 0.878. The van der Waals surface area contributed by atoms with E-state index < -0.39 is 0 Å². The van der Waals surface area contributed by atoms with E-state index in [4.69, 9.17) is 16.3 Å². The van der Waals surface area contributed by atoms with Crippen molar-refractivity contribution < 1.29 is 4.74 Å². The molecule has 1 heterocycles. The van der Waals surface area contributed by atoms with Crippen molar-refractivity contribution in [3.63, 3.8) is 0 Å². The van der Waals surface area contributed by atoms with Gasteiger partial charge < -0.3 is 10.1 Å². The first-order valence-corrected chi connectivity index (χ1v) is 6.41. The molecule has 0 aliphatic carbocycles. The number of alkyl halides is 1. The van der Waals surface area contributed by atoms with Gasteiger partial charge in [0.2, 0.25) is 11.8 Å². The number of ether oxygens (including phenoxy) is 1. The highest BCUT2D eigenvalue weighted by Crippen LogP contribution is 2.15. The lowest BCUT2D eigenvalue weighted by Crippen LogP contribution is -2.28. The lowest BCUT2D eigenvalue weighted by Gasteiger charge is -2.20. The van der Waals surface area contributed by atoms with Gasteiger partial charge in [0.1, 0.15) is 0 Å². The van der Waals surface area contributed by atoms with E-state index in [9.17, 15) is 0 Å². The number of nitrogens with zero attached hydrogens (tertiary/aromatic N) is 2. The fourth-order valence-corrected chi connectivity index (χ4v) is 1.81. The summed E-state index contributed by atoms with van der Waals surface area (Å²) in [6, 6.07) is 1.98. The van der Waals surface area contributed by atoms with E-state index in [0.717, 1.165) is 5.69 Å². The predicted molar refractivity (Wildman–Crippen MR) is 70.9 cm³/mol. The Morgan fingerprint density at radius 2 is 2.12 bits per heavy atom. The maximum absolute atomic E-state index is 5.90. The van der Waals surface area contributed by atoms with Gasteiger partial charge in [0.25, 0.3) is 0 Å². The summed E-state index contributed by atoms with van der Waals surface area (Å²) < 4.78 is 5.38. The van der Waals surface area contributed by atoms with Crippen LogP contribution in [0, 0.1) is 12.8 Å². The average Bonchev–Trinajstić information content (AvgIpc) is 2.25. The predicted octanol–water partition coefficient (Wildman–Crippen LogP) is 2.86. The van der Waals surface area contributed by atoms with E-state index in [1.807, 2.05) is 19.9 Å². The quantitative estimate of drug-likeness (QED) is 0.796. The number of aryl methyl sites for hydroxylation is 1. The van der Waals surface area contributed by atoms with Gasteiger partial charge in [-0.15, -0.1) is 11.6 Å². The molecule has 1 aromatic rings. The smallest absolute Gasteiger partial charge is 0.226 e. The van der Waals surface area contributed by atoms with Crippen LogP contribution in [0.25, 0.3) is 0 Å². The van der Waals surface area contributed by atoms with Crippen LogP contribution in [0.3, 0.4) is 0 Å². The highest BCUT2D eigenvalue weighted by atomic mass is 35.5. The molecule has 0 spiro atoms. The Morgan fingerprint density at radius 1 is 1.41 bits per heavy atom. The lowest BCUT2D eigenvalue weighted by atomic mass is 10.1. The Kier molecular flexibility index (Phi) is 5.48. The number of rotatable bonds is 6. The molecular weight excluding hydrogens is 238 g/mol. The molecular formula is C12H20ClN3O. The third kappa shape index (κ3) is 4.38. The fourth-order valence-electron chi connectivity index (χ4n) is 1.38. The van der Waals surface area contributed by atoms with Crippen LogP contribution in [-0.2, 0) is 0 Å². The molecule has 96 valence electrons. The number of hydrogen-bond acceptors (Lipinski definition) is 4. The van der Waals surface area contributed by atoms with E-state index in [2.05, 4.69) is 29.1 Å². The molecule has 1 atom stereocenters. The second-order valence-electron chi connectivity index (χ2n) is 4.25. The van der Waals surface area contributed by atoms with Crippen LogP contribution >= 0.6 is 11.6 Å². The summed E-state index contributed by atoms with van der Waals surface area (Å²) in [5.74, 6) is 2.12. The summed E-state index contributed by atoms with van der Waals surface area (Å²) >= 11 is 5.90. The summed E-state index contributed by atoms with van der Waals surface area (Å²) in [7, 11) is 0. The van der Waals surface area contributed by atoms with Gasteiger partial charge in [0.05, 0.1) is 6.61 Å². The Hall–Kier alpha value is -1.03. The van der Waals surface area contributed by atoms with Crippen molar-refractivity contribution in [2.45, 2.75) is 33.7 Å². The second-order valence-corrected chi connectivity index (χ2v) is 4.56. The molecule has 0 aliphatic heterocycles. The molecule has 0 amide bonds. The highest BCUT2D eigenvalue weighted by Gasteiger charge is 2.13. The average molecular weight is 258 g/mol. The van der Waals surface area contributed by atoms with Gasteiger partial charge in [0, 0.05) is 23.7 Å². The monoisotopic (exact) mass is 257 g/mol. The molecule has 0 aromatic carbocycles. The summed E-state index contributed by atoms with van der Waals surface area (Å²) in [6.07, 6.45) is 0. The topological polar surface area (TPSA) is 47.0 Å². The van der Waals surface area contributed by atoms with Crippen molar-refractivity contribution in [2.24, 2.45) is 5.92 Å². The zero-order valence-electron chi connectivity index (χ0n) is 10.8. The Morgan fingerprint density at radius 3 is 2.65 bits per heavy atom. The maximum atomic E-state index is 5.90. The zero-order chi connectivity index (χ0) is 12.8. The Balaban J connectivity index is 2.82. The van der Waals surface area contributed by atoms with Crippen molar-refractivity contribution in [3.05, 3.63) is 11.8 Å². The second kappa shape index (κ2) is 6.64. The highest BCUT2D eigenvalue weighted by molar-refractivity contribution is 6.18. The van der Waals surface area contributed by atoms with Gasteiger partial charge in [-0.25, -0.2) is 4.98 Å². The molecule has 1 N–H and O–H groups in total. The standard InChI is InChI=1S/C12H20ClN3O/c1-5-17-11-6-9(4)14-12(16-11)15-10(7-13)8(2)3/h6,8,10H,5,7H2,1-4H3,(H,14,15,16). The Labute approximate surface area is 108 Å². The van der Waals surface area contributed by atoms with Gasteiger partial charge >= 0.3 is 0 Å². The molecule has 5 heteroatoms. The molecule has 0 aliphatic rings. The van der Waals surface area contributed by atoms with E-state index in [0.29, 0.717) is 30.2 Å². The van der Waals surface area contributed by atoms with Crippen LogP contribution in [-0.4, -0.2) is 28.5 Å². The van der Waals surface area contributed by atoms with Crippen LogP contribution < -0.4 is 10.1 Å². The molecule has 0 saturated carbocycles. The largest absolute Gasteiger partial charge is 0.478 e. The lowest BCUT2D eigenvalue weighted by molar-refractivity contribution is 0.326. The normalized spacial score (nSPS) is 12.6. The van der Waals surface area contributed by atoms with Gasteiger partial charge in [-0.05, 0) is 19.8 Å². The van der Waals surface area contributed by atoms with Crippen LogP contribution in [0.2, 0.25) is 0 Å². The maximum Gasteiger partial charge on any atom is 0.226 e.